The largest absolute Gasteiger partial charge is 0.497 e. The summed E-state index contributed by atoms with van der Waals surface area (Å²) in [5.41, 5.74) is 5.27. The number of amidine groups is 1. The molecule has 0 aromatic heterocycles. The SMILES string of the molecule is COc1cccc(C2(C)C(N)=NC(C)(C3CC=C(F)C=C3F)CS2(=O)=O)c1. The van der Waals surface area contributed by atoms with Gasteiger partial charge in [-0.25, -0.2) is 17.2 Å². The van der Waals surface area contributed by atoms with Crippen molar-refractivity contribution in [1.29, 1.82) is 0 Å². The zero-order valence-electron chi connectivity index (χ0n) is 15.4. The monoisotopic (exact) mass is 396 g/mol. The molecular weight excluding hydrogens is 374 g/mol. The topological polar surface area (TPSA) is 81.8 Å². The van der Waals surface area contributed by atoms with Gasteiger partial charge in [-0.2, -0.15) is 0 Å². The number of halogens is 2. The summed E-state index contributed by atoms with van der Waals surface area (Å²) < 4.78 is 57.9. The number of hydrogen-bond donors (Lipinski definition) is 1. The molecule has 5 nitrogen and oxygen atoms in total. The van der Waals surface area contributed by atoms with Crippen molar-refractivity contribution >= 4 is 15.7 Å². The highest BCUT2D eigenvalue weighted by molar-refractivity contribution is 7.93. The summed E-state index contributed by atoms with van der Waals surface area (Å²) >= 11 is 0. The van der Waals surface area contributed by atoms with Crippen LogP contribution in [0.25, 0.3) is 0 Å². The van der Waals surface area contributed by atoms with Gasteiger partial charge >= 0.3 is 0 Å². The first-order chi connectivity index (χ1) is 12.5. The number of allylic oxidation sites excluding steroid dienone is 3. The van der Waals surface area contributed by atoms with Crippen molar-refractivity contribution in [3.05, 3.63) is 53.6 Å². The van der Waals surface area contributed by atoms with E-state index in [2.05, 4.69) is 4.99 Å². The third-order valence-corrected chi connectivity index (χ3v) is 8.15. The fourth-order valence-electron chi connectivity index (χ4n) is 3.71. The fourth-order valence-corrected chi connectivity index (χ4v) is 5.89. The summed E-state index contributed by atoms with van der Waals surface area (Å²) in [6, 6.07) is 6.61. The Balaban J connectivity index is 2.11. The Morgan fingerprint density at radius 2 is 2.00 bits per heavy atom. The van der Waals surface area contributed by atoms with Crippen LogP contribution in [0.3, 0.4) is 0 Å². The molecule has 2 N–H and O–H groups in total. The summed E-state index contributed by atoms with van der Waals surface area (Å²) in [5, 5.41) is 0. The van der Waals surface area contributed by atoms with E-state index in [0.29, 0.717) is 11.3 Å². The zero-order valence-corrected chi connectivity index (χ0v) is 16.2. The molecule has 27 heavy (non-hydrogen) atoms. The lowest BCUT2D eigenvalue weighted by Crippen LogP contribution is -2.57. The maximum atomic E-state index is 14.4. The van der Waals surface area contributed by atoms with Gasteiger partial charge in [-0.15, -0.1) is 0 Å². The number of hydrogen-bond acceptors (Lipinski definition) is 5. The lowest BCUT2D eigenvalue weighted by atomic mass is 9.81. The number of ether oxygens (including phenoxy) is 1. The number of nitrogens with two attached hydrogens (primary N) is 1. The summed E-state index contributed by atoms with van der Waals surface area (Å²) in [6.45, 7) is 3.03. The Morgan fingerprint density at radius 1 is 1.30 bits per heavy atom. The van der Waals surface area contributed by atoms with Crippen LogP contribution in [0.4, 0.5) is 8.78 Å². The molecule has 0 saturated carbocycles. The number of sulfone groups is 1. The van der Waals surface area contributed by atoms with Gasteiger partial charge in [0.25, 0.3) is 0 Å². The van der Waals surface area contributed by atoms with Gasteiger partial charge in [-0.3, -0.25) is 4.99 Å². The van der Waals surface area contributed by atoms with Crippen molar-refractivity contribution in [2.45, 2.75) is 30.6 Å². The van der Waals surface area contributed by atoms with Crippen molar-refractivity contribution < 1.29 is 21.9 Å². The zero-order chi connectivity index (χ0) is 20.0. The smallest absolute Gasteiger partial charge is 0.169 e. The second kappa shape index (κ2) is 6.44. The number of rotatable bonds is 3. The van der Waals surface area contributed by atoms with Gasteiger partial charge in [0, 0.05) is 12.0 Å². The van der Waals surface area contributed by atoms with E-state index in [0.717, 1.165) is 6.08 Å². The molecule has 8 heteroatoms. The molecule has 0 saturated heterocycles. The third-order valence-electron chi connectivity index (χ3n) is 5.50. The highest BCUT2D eigenvalue weighted by Gasteiger charge is 2.55. The van der Waals surface area contributed by atoms with Crippen LogP contribution in [0.2, 0.25) is 0 Å². The summed E-state index contributed by atoms with van der Waals surface area (Å²) in [5.74, 6) is -2.33. The Bertz CT molecular complexity index is 971. The van der Waals surface area contributed by atoms with Gasteiger partial charge in [0.05, 0.1) is 18.4 Å². The van der Waals surface area contributed by atoms with E-state index in [1.165, 1.54) is 27.0 Å². The van der Waals surface area contributed by atoms with E-state index >= 15 is 0 Å². The number of nitrogens with zero attached hydrogens (tertiary/aromatic N) is 1. The third kappa shape index (κ3) is 3.05. The van der Waals surface area contributed by atoms with Crippen LogP contribution in [0.15, 0.2) is 53.1 Å². The van der Waals surface area contributed by atoms with Gasteiger partial charge in [0.1, 0.15) is 23.2 Å². The first kappa shape index (κ1) is 19.5. The molecule has 1 heterocycles. The van der Waals surface area contributed by atoms with E-state index in [9.17, 15) is 17.2 Å². The molecule has 2 aliphatic rings. The fraction of sp³-hybridized carbons (Fsp3) is 0.421. The molecule has 3 unspecified atom stereocenters. The van der Waals surface area contributed by atoms with Crippen molar-refractivity contribution in [1.82, 2.24) is 0 Å². The van der Waals surface area contributed by atoms with Crippen LogP contribution in [-0.2, 0) is 14.6 Å². The van der Waals surface area contributed by atoms with Crippen molar-refractivity contribution in [3.63, 3.8) is 0 Å². The van der Waals surface area contributed by atoms with E-state index in [1.54, 1.807) is 24.3 Å². The Morgan fingerprint density at radius 3 is 2.59 bits per heavy atom. The quantitative estimate of drug-likeness (QED) is 0.851. The average molecular weight is 396 g/mol. The van der Waals surface area contributed by atoms with E-state index in [4.69, 9.17) is 10.5 Å². The highest BCUT2D eigenvalue weighted by Crippen LogP contribution is 2.45. The Hall–Kier alpha value is -2.22. The molecule has 0 amide bonds. The van der Waals surface area contributed by atoms with Gasteiger partial charge < -0.3 is 10.5 Å². The first-order valence-electron chi connectivity index (χ1n) is 8.49. The standard InChI is InChI=1S/C19H22F2N2O3S/c1-18(15-8-7-13(20)10-16(15)21)11-27(24,25)19(2,17(22)23-18)12-5-4-6-14(9-12)26-3/h4-7,9-10,15H,8,11H2,1-3H3,(H2,22,23). The number of aliphatic imine (C=N–C) groups is 1. The second-order valence-electron chi connectivity index (χ2n) is 7.29. The maximum absolute atomic E-state index is 14.4. The van der Waals surface area contributed by atoms with Crippen LogP contribution < -0.4 is 10.5 Å². The molecule has 1 aromatic carbocycles. The molecule has 1 aromatic rings. The minimum absolute atomic E-state index is 0.0207. The van der Waals surface area contributed by atoms with E-state index in [-0.39, 0.29) is 12.3 Å². The van der Waals surface area contributed by atoms with Crippen molar-refractivity contribution in [3.8, 4) is 5.75 Å². The van der Waals surface area contributed by atoms with Crippen LogP contribution in [0, 0.1) is 5.92 Å². The lowest BCUT2D eigenvalue weighted by molar-refractivity contribution is 0.307. The average Bonchev–Trinajstić information content (AvgIpc) is 2.58. The molecule has 1 aliphatic carbocycles. The molecule has 0 bridgehead atoms. The van der Waals surface area contributed by atoms with Crippen molar-refractivity contribution in [2.24, 2.45) is 16.6 Å². The Kier molecular flexibility index (Phi) is 4.66. The predicted octanol–water partition coefficient (Wildman–Crippen LogP) is 3.18. The minimum atomic E-state index is -3.86. The molecule has 0 spiro atoms. The van der Waals surface area contributed by atoms with Crippen LogP contribution >= 0.6 is 0 Å². The van der Waals surface area contributed by atoms with Crippen LogP contribution in [-0.4, -0.2) is 32.7 Å². The molecular formula is C19H22F2N2O3S. The summed E-state index contributed by atoms with van der Waals surface area (Å²) in [7, 11) is -2.38. The predicted molar refractivity (Wildman–Crippen MR) is 101 cm³/mol. The molecule has 3 rings (SSSR count). The summed E-state index contributed by atoms with van der Waals surface area (Å²) in [6.07, 6.45) is 2.02. The second-order valence-corrected chi connectivity index (χ2v) is 9.62. The number of benzene rings is 1. The molecule has 1 aliphatic heterocycles. The van der Waals surface area contributed by atoms with E-state index < -0.39 is 43.4 Å². The van der Waals surface area contributed by atoms with Gasteiger partial charge in [0.15, 0.2) is 14.6 Å². The van der Waals surface area contributed by atoms with Crippen LogP contribution in [0.1, 0.15) is 25.8 Å². The molecule has 146 valence electrons. The van der Waals surface area contributed by atoms with Gasteiger partial charge in [0.2, 0.25) is 0 Å². The van der Waals surface area contributed by atoms with Gasteiger partial charge in [-0.05, 0) is 44.0 Å². The van der Waals surface area contributed by atoms with Gasteiger partial charge in [-0.1, -0.05) is 12.1 Å². The Labute approximate surface area is 157 Å². The first-order valence-corrected chi connectivity index (χ1v) is 10.1. The maximum Gasteiger partial charge on any atom is 0.169 e. The minimum Gasteiger partial charge on any atom is -0.497 e. The molecule has 3 atom stereocenters. The highest BCUT2D eigenvalue weighted by atomic mass is 32.2. The van der Waals surface area contributed by atoms with Crippen LogP contribution in [0.5, 0.6) is 5.75 Å². The van der Waals surface area contributed by atoms with E-state index in [1.807, 2.05) is 0 Å². The molecule has 0 radical (unpaired) electrons. The van der Waals surface area contributed by atoms with Crippen molar-refractivity contribution in [2.75, 3.05) is 12.9 Å². The molecule has 0 fully saturated rings. The normalized spacial score (nSPS) is 32.9. The summed E-state index contributed by atoms with van der Waals surface area (Å²) in [4.78, 5) is 4.44. The lowest BCUT2D eigenvalue weighted by Gasteiger charge is -2.43. The number of methoxy groups -OCH3 is 1.